The monoisotopic (exact) mass is 372 g/mol. The van der Waals surface area contributed by atoms with Gasteiger partial charge >= 0.3 is 0 Å². The Balaban J connectivity index is 1.46. The van der Waals surface area contributed by atoms with Crippen molar-refractivity contribution in [2.45, 2.75) is 32.7 Å². The first-order valence-corrected chi connectivity index (χ1v) is 9.41. The molecule has 142 valence electrons. The highest BCUT2D eigenvalue weighted by atomic mass is 16.1. The predicted octanol–water partition coefficient (Wildman–Crippen LogP) is 4.58. The Kier molecular flexibility index (Phi) is 4.51. The summed E-state index contributed by atoms with van der Waals surface area (Å²) in [5, 5.41) is 8.51. The number of amides is 1. The first-order chi connectivity index (χ1) is 13.4. The van der Waals surface area contributed by atoms with Gasteiger partial charge in [-0.3, -0.25) is 4.79 Å². The third kappa shape index (κ3) is 3.69. The molecule has 4 aromatic rings. The van der Waals surface area contributed by atoms with Crippen molar-refractivity contribution in [1.29, 1.82) is 0 Å². The number of aromatic amines is 1. The number of fused-ring (bicyclic) bond motifs is 1. The number of rotatable bonds is 4. The molecule has 28 heavy (non-hydrogen) atoms. The van der Waals surface area contributed by atoms with Gasteiger partial charge < -0.3 is 10.3 Å². The van der Waals surface area contributed by atoms with E-state index in [4.69, 9.17) is 0 Å². The van der Waals surface area contributed by atoms with Gasteiger partial charge in [0.15, 0.2) is 0 Å². The molecule has 4 rings (SSSR count). The van der Waals surface area contributed by atoms with Gasteiger partial charge in [-0.1, -0.05) is 45.0 Å². The average molecular weight is 372 g/mol. The third-order valence-corrected chi connectivity index (χ3v) is 4.83. The molecule has 0 bridgehead atoms. The van der Waals surface area contributed by atoms with Crippen LogP contribution in [-0.2, 0) is 12.0 Å². The molecule has 2 N–H and O–H groups in total. The summed E-state index contributed by atoms with van der Waals surface area (Å²) in [6, 6.07) is 20.0. The summed E-state index contributed by atoms with van der Waals surface area (Å²) in [5.74, 6) is -0.136. The Labute approximate surface area is 164 Å². The topological polar surface area (TPSA) is 62.7 Å². The van der Waals surface area contributed by atoms with E-state index in [2.05, 4.69) is 48.3 Å². The van der Waals surface area contributed by atoms with Crippen LogP contribution >= 0.6 is 0 Å². The number of hydrogen-bond acceptors (Lipinski definition) is 2. The summed E-state index contributed by atoms with van der Waals surface area (Å²) in [4.78, 5) is 15.8. The van der Waals surface area contributed by atoms with E-state index in [-0.39, 0.29) is 11.3 Å². The number of carbonyl (C=O) groups is 1. The second-order valence-corrected chi connectivity index (χ2v) is 8.00. The molecule has 2 aromatic heterocycles. The van der Waals surface area contributed by atoms with E-state index in [9.17, 15) is 4.79 Å². The fraction of sp³-hybridized carbons (Fsp3) is 0.217. The van der Waals surface area contributed by atoms with Gasteiger partial charge in [0.1, 0.15) is 5.69 Å². The largest absolute Gasteiger partial charge is 0.351 e. The van der Waals surface area contributed by atoms with Gasteiger partial charge in [0.05, 0.1) is 17.9 Å². The highest BCUT2D eigenvalue weighted by molar-refractivity contribution is 5.98. The fourth-order valence-corrected chi connectivity index (χ4v) is 3.17. The lowest BCUT2D eigenvalue weighted by Gasteiger charge is -2.18. The number of carbonyl (C=O) groups excluding carboxylic acids is 1. The number of H-pyrrole nitrogens is 1. The number of para-hydroxylation sites is 1. The van der Waals surface area contributed by atoms with Crippen molar-refractivity contribution in [3.63, 3.8) is 0 Å². The zero-order valence-electron chi connectivity index (χ0n) is 16.4. The molecule has 2 heterocycles. The second-order valence-electron chi connectivity index (χ2n) is 8.00. The van der Waals surface area contributed by atoms with Crippen LogP contribution in [0.25, 0.3) is 16.6 Å². The molecule has 0 fully saturated rings. The first-order valence-electron chi connectivity index (χ1n) is 9.41. The smallest absolute Gasteiger partial charge is 0.268 e. The van der Waals surface area contributed by atoms with Crippen LogP contribution in [0, 0.1) is 0 Å². The van der Waals surface area contributed by atoms with Crippen LogP contribution in [0.1, 0.15) is 42.5 Å². The van der Waals surface area contributed by atoms with Crippen molar-refractivity contribution in [3.05, 3.63) is 83.8 Å². The molecule has 0 unspecified atom stereocenters. The molecule has 0 aliphatic carbocycles. The van der Waals surface area contributed by atoms with Crippen molar-refractivity contribution in [3.8, 4) is 5.69 Å². The maximum absolute atomic E-state index is 12.6. The minimum absolute atomic E-state index is 0.0749. The minimum Gasteiger partial charge on any atom is -0.351 e. The van der Waals surface area contributed by atoms with Gasteiger partial charge in [-0.05, 0) is 47.4 Å². The Hall–Kier alpha value is -3.34. The minimum atomic E-state index is -0.136. The standard InChI is InChI=1S/C23H24N4O/c1-23(2,3)17-9-10-20-16(13-17)14-21(25-20)22(28)24-15-18-11-12-27(26-18)19-7-5-4-6-8-19/h4-14,25H,15H2,1-3H3,(H,24,28). The molecule has 2 aromatic carbocycles. The number of nitrogens with zero attached hydrogens (tertiary/aromatic N) is 2. The molecule has 0 saturated carbocycles. The van der Waals surface area contributed by atoms with Gasteiger partial charge in [-0.2, -0.15) is 5.10 Å². The quantitative estimate of drug-likeness (QED) is 0.551. The van der Waals surface area contributed by atoms with E-state index >= 15 is 0 Å². The Morgan fingerprint density at radius 3 is 2.61 bits per heavy atom. The molecule has 0 aliphatic heterocycles. The lowest BCUT2D eigenvalue weighted by atomic mass is 9.86. The van der Waals surface area contributed by atoms with E-state index in [1.54, 1.807) is 4.68 Å². The predicted molar refractivity (Wildman–Crippen MR) is 112 cm³/mol. The zero-order valence-corrected chi connectivity index (χ0v) is 16.4. The van der Waals surface area contributed by atoms with Crippen molar-refractivity contribution in [1.82, 2.24) is 20.1 Å². The van der Waals surface area contributed by atoms with Crippen molar-refractivity contribution in [2.24, 2.45) is 0 Å². The van der Waals surface area contributed by atoms with E-state index in [0.717, 1.165) is 22.3 Å². The van der Waals surface area contributed by atoms with Gasteiger partial charge in [-0.25, -0.2) is 4.68 Å². The van der Waals surface area contributed by atoms with E-state index in [0.29, 0.717) is 12.2 Å². The van der Waals surface area contributed by atoms with Gasteiger partial charge in [0.2, 0.25) is 0 Å². The Morgan fingerprint density at radius 2 is 1.86 bits per heavy atom. The second kappa shape index (κ2) is 7.00. The summed E-state index contributed by atoms with van der Waals surface area (Å²) in [6.07, 6.45) is 1.90. The van der Waals surface area contributed by atoms with Crippen molar-refractivity contribution >= 4 is 16.8 Å². The molecule has 0 atom stereocenters. The number of hydrogen-bond donors (Lipinski definition) is 2. The maximum Gasteiger partial charge on any atom is 0.268 e. The average Bonchev–Trinajstić information content (AvgIpc) is 3.32. The summed E-state index contributed by atoms with van der Waals surface area (Å²) in [7, 11) is 0. The Morgan fingerprint density at radius 1 is 1.07 bits per heavy atom. The fourth-order valence-electron chi connectivity index (χ4n) is 3.17. The highest BCUT2D eigenvalue weighted by Crippen LogP contribution is 2.26. The molecule has 0 spiro atoms. The molecular weight excluding hydrogens is 348 g/mol. The third-order valence-electron chi connectivity index (χ3n) is 4.83. The van der Waals surface area contributed by atoms with Gasteiger partial charge in [-0.15, -0.1) is 0 Å². The Bertz CT molecular complexity index is 1120. The lowest BCUT2D eigenvalue weighted by molar-refractivity contribution is 0.0946. The molecular formula is C23H24N4O. The summed E-state index contributed by atoms with van der Waals surface area (Å²) >= 11 is 0. The lowest BCUT2D eigenvalue weighted by Crippen LogP contribution is -2.23. The SMILES string of the molecule is CC(C)(C)c1ccc2[nH]c(C(=O)NCc3ccn(-c4ccccc4)n3)cc2c1. The van der Waals surface area contributed by atoms with E-state index in [1.165, 1.54) is 5.56 Å². The normalized spacial score (nSPS) is 11.7. The summed E-state index contributed by atoms with van der Waals surface area (Å²) < 4.78 is 1.80. The number of nitrogens with one attached hydrogen (secondary N) is 2. The maximum atomic E-state index is 12.6. The van der Waals surface area contributed by atoms with Crippen LogP contribution in [0.5, 0.6) is 0 Å². The van der Waals surface area contributed by atoms with Crippen molar-refractivity contribution in [2.75, 3.05) is 0 Å². The molecule has 0 aliphatic rings. The van der Waals surface area contributed by atoms with Crippen LogP contribution in [0.3, 0.4) is 0 Å². The summed E-state index contributed by atoms with van der Waals surface area (Å²) in [6.45, 7) is 6.93. The van der Waals surface area contributed by atoms with E-state index in [1.807, 2.05) is 54.7 Å². The van der Waals surface area contributed by atoms with Crippen LogP contribution in [0.4, 0.5) is 0 Å². The highest BCUT2D eigenvalue weighted by Gasteiger charge is 2.16. The van der Waals surface area contributed by atoms with Crippen LogP contribution in [0.2, 0.25) is 0 Å². The molecule has 5 heteroatoms. The van der Waals surface area contributed by atoms with Gasteiger partial charge in [0.25, 0.3) is 5.91 Å². The molecule has 5 nitrogen and oxygen atoms in total. The van der Waals surface area contributed by atoms with Crippen LogP contribution < -0.4 is 5.32 Å². The van der Waals surface area contributed by atoms with E-state index < -0.39 is 0 Å². The molecule has 1 amide bonds. The van der Waals surface area contributed by atoms with Crippen LogP contribution in [0.15, 0.2) is 66.9 Å². The zero-order chi connectivity index (χ0) is 19.7. The first kappa shape index (κ1) is 18.0. The van der Waals surface area contributed by atoms with Crippen LogP contribution in [-0.4, -0.2) is 20.7 Å². The molecule has 0 saturated heterocycles. The molecule has 0 radical (unpaired) electrons. The summed E-state index contributed by atoms with van der Waals surface area (Å²) in [5.41, 5.74) is 4.65. The number of aromatic nitrogens is 3. The number of benzene rings is 2. The van der Waals surface area contributed by atoms with Crippen molar-refractivity contribution < 1.29 is 4.79 Å². The van der Waals surface area contributed by atoms with Gasteiger partial charge in [0, 0.05) is 17.1 Å².